The molecule has 0 bridgehead atoms. The highest BCUT2D eigenvalue weighted by atomic mass is 16.5. The van der Waals surface area contributed by atoms with E-state index in [1.807, 2.05) is 6.20 Å². The lowest BCUT2D eigenvalue weighted by molar-refractivity contribution is -0.121. The van der Waals surface area contributed by atoms with E-state index < -0.39 is 0 Å². The topological polar surface area (TPSA) is 56.6 Å². The molecule has 1 aromatic heterocycles. The first-order chi connectivity index (χ1) is 13.7. The average Bonchev–Trinajstić information content (AvgIpc) is 3.34. The number of likely N-dealkylation sites (tertiary alicyclic amines) is 1. The third-order valence-corrected chi connectivity index (χ3v) is 6.71. The number of benzene rings is 1. The van der Waals surface area contributed by atoms with Crippen molar-refractivity contribution in [3.8, 4) is 0 Å². The summed E-state index contributed by atoms with van der Waals surface area (Å²) in [6, 6.07) is 4.60. The minimum Gasteiger partial charge on any atom is -0.372 e. The maximum atomic E-state index is 12.0. The van der Waals surface area contributed by atoms with Gasteiger partial charge in [0, 0.05) is 12.0 Å². The number of nitrogens with zero attached hydrogens (tertiary/aromatic N) is 3. The number of Topliss-reactive ketones (excluding diaryl/α,β-unsaturated/α-hetero) is 1. The van der Waals surface area contributed by atoms with Crippen molar-refractivity contribution in [2.45, 2.75) is 57.2 Å². The van der Waals surface area contributed by atoms with Gasteiger partial charge in [0.15, 0.2) is 12.0 Å². The van der Waals surface area contributed by atoms with Crippen LogP contribution in [0.15, 0.2) is 18.3 Å². The summed E-state index contributed by atoms with van der Waals surface area (Å²) >= 11 is 0. The summed E-state index contributed by atoms with van der Waals surface area (Å²) in [6.07, 6.45) is 7.60. The zero-order chi connectivity index (χ0) is 19.1. The van der Waals surface area contributed by atoms with Crippen LogP contribution in [-0.2, 0) is 14.3 Å². The Bertz CT molecular complexity index is 863. The lowest BCUT2D eigenvalue weighted by Gasteiger charge is -2.35. The first-order valence-corrected chi connectivity index (χ1v) is 10.6. The van der Waals surface area contributed by atoms with E-state index in [-0.39, 0.29) is 24.7 Å². The van der Waals surface area contributed by atoms with Crippen LogP contribution < -0.4 is 0 Å². The molecule has 28 heavy (non-hydrogen) atoms. The van der Waals surface area contributed by atoms with E-state index in [0.29, 0.717) is 12.5 Å². The van der Waals surface area contributed by atoms with Crippen LogP contribution in [0.2, 0.25) is 0 Å². The molecule has 0 spiro atoms. The molecule has 0 saturated carbocycles. The van der Waals surface area contributed by atoms with Gasteiger partial charge < -0.3 is 9.47 Å². The molecule has 6 nitrogen and oxygen atoms in total. The summed E-state index contributed by atoms with van der Waals surface area (Å²) in [5.41, 5.74) is 3.96. The van der Waals surface area contributed by atoms with Gasteiger partial charge in [-0.3, -0.25) is 9.69 Å². The van der Waals surface area contributed by atoms with Crippen LogP contribution in [0.3, 0.4) is 0 Å². The Morgan fingerprint density at radius 2 is 2.00 bits per heavy atom. The van der Waals surface area contributed by atoms with Crippen LogP contribution in [0.5, 0.6) is 0 Å². The van der Waals surface area contributed by atoms with Gasteiger partial charge in [-0.2, -0.15) is 5.10 Å². The molecule has 5 rings (SSSR count). The highest BCUT2D eigenvalue weighted by molar-refractivity contribution is 5.87. The first kappa shape index (κ1) is 18.3. The van der Waals surface area contributed by atoms with Crippen molar-refractivity contribution < 1.29 is 14.3 Å². The van der Waals surface area contributed by atoms with Crippen molar-refractivity contribution in [3.05, 3.63) is 29.5 Å². The molecule has 4 heterocycles. The molecule has 0 aliphatic carbocycles. The van der Waals surface area contributed by atoms with Crippen molar-refractivity contribution in [2.24, 2.45) is 0 Å². The standard InChI is InChI=1S/C22H29N3O3/c1-15-10-17-12-23-25(22-4-2-3-9-28-22)19(17)11-18(15)16-5-7-24(8-6-16)20-13-27-14-21(20)26/h10-12,16,20,22H,2-9,13-14H2,1H3. The second kappa shape index (κ2) is 7.58. The Balaban J connectivity index is 1.37. The first-order valence-electron chi connectivity index (χ1n) is 10.6. The number of aryl methyl sites for hydroxylation is 1. The second-order valence-corrected chi connectivity index (χ2v) is 8.49. The largest absolute Gasteiger partial charge is 0.372 e. The van der Waals surface area contributed by atoms with E-state index in [9.17, 15) is 4.79 Å². The fourth-order valence-electron chi connectivity index (χ4n) is 5.10. The van der Waals surface area contributed by atoms with Gasteiger partial charge in [-0.1, -0.05) is 0 Å². The highest BCUT2D eigenvalue weighted by Gasteiger charge is 2.34. The molecular weight excluding hydrogens is 354 g/mol. The summed E-state index contributed by atoms with van der Waals surface area (Å²) in [4.78, 5) is 14.3. The van der Waals surface area contributed by atoms with Crippen LogP contribution in [0, 0.1) is 6.92 Å². The molecule has 150 valence electrons. The number of hydrogen-bond acceptors (Lipinski definition) is 5. The van der Waals surface area contributed by atoms with E-state index >= 15 is 0 Å². The smallest absolute Gasteiger partial charge is 0.177 e. The molecule has 2 aromatic rings. The Hall–Kier alpha value is -1.76. The molecule has 6 heteroatoms. The van der Waals surface area contributed by atoms with Gasteiger partial charge in [0.05, 0.1) is 24.4 Å². The Kier molecular flexibility index (Phi) is 4.95. The van der Waals surface area contributed by atoms with Crippen LogP contribution in [-0.4, -0.2) is 59.4 Å². The summed E-state index contributed by atoms with van der Waals surface area (Å²) in [7, 11) is 0. The number of carbonyl (C=O) groups is 1. The van der Waals surface area contributed by atoms with E-state index in [1.165, 1.54) is 28.5 Å². The normalized spacial score (nSPS) is 27.7. The van der Waals surface area contributed by atoms with Gasteiger partial charge in [0.25, 0.3) is 0 Å². The number of carbonyl (C=O) groups excluding carboxylic acids is 1. The molecule has 2 unspecified atom stereocenters. The summed E-state index contributed by atoms with van der Waals surface area (Å²) in [5, 5.41) is 5.85. The molecule has 3 saturated heterocycles. The second-order valence-electron chi connectivity index (χ2n) is 8.49. The maximum Gasteiger partial charge on any atom is 0.177 e. The van der Waals surface area contributed by atoms with Gasteiger partial charge >= 0.3 is 0 Å². The quantitative estimate of drug-likeness (QED) is 0.815. The Labute approximate surface area is 165 Å². The van der Waals surface area contributed by atoms with E-state index in [0.717, 1.165) is 45.4 Å². The Morgan fingerprint density at radius 3 is 2.71 bits per heavy atom. The fraction of sp³-hybridized carbons (Fsp3) is 0.636. The fourth-order valence-corrected chi connectivity index (χ4v) is 5.10. The third-order valence-electron chi connectivity index (χ3n) is 6.71. The minimum atomic E-state index is -0.0191. The number of aromatic nitrogens is 2. The third kappa shape index (κ3) is 3.27. The number of ether oxygens (including phenoxy) is 2. The summed E-state index contributed by atoms with van der Waals surface area (Å²) in [6.45, 7) is 5.82. The maximum absolute atomic E-state index is 12.0. The number of ketones is 1. The van der Waals surface area contributed by atoms with Crippen LogP contribution >= 0.6 is 0 Å². The molecule has 2 atom stereocenters. The number of hydrogen-bond donors (Lipinski definition) is 0. The minimum absolute atomic E-state index is 0.0191. The van der Waals surface area contributed by atoms with Crippen molar-refractivity contribution in [3.63, 3.8) is 0 Å². The summed E-state index contributed by atoms with van der Waals surface area (Å²) in [5.74, 6) is 0.779. The van der Waals surface area contributed by atoms with Gasteiger partial charge in [-0.15, -0.1) is 0 Å². The van der Waals surface area contributed by atoms with Crippen LogP contribution in [0.25, 0.3) is 10.9 Å². The van der Waals surface area contributed by atoms with Crippen molar-refractivity contribution in [2.75, 3.05) is 32.9 Å². The summed E-state index contributed by atoms with van der Waals surface area (Å²) < 4.78 is 13.4. The zero-order valence-corrected chi connectivity index (χ0v) is 16.6. The van der Waals surface area contributed by atoms with Gasteiger partial charge in [0.2, 0.25) is 0 Å². The zero-order valence-electron chi connectivity index (χ0n) is 16.6. The molecule has 0 N–H and O–H groups in total. The highest BCUT2D eigenvalue weighted by Crippen LogP contribution is 2.35. The molecule has 3 fully saturated rings. The van der Waals surface area contributed by atoms with Crippen molar-refractivity contribution >= 4 is 16.7 Å². The molecule has 1 aromatic carbocycles. The molecule has 0 radical (unpaired) electrons. The van der Waals surface area contributed by atoms with Crippen LogP contribution in [0.4, 0.5) is 0 Å². The molecule has 3 aliphatic heterocycles. The molecule has 3 aliphatic rings. The Morgan fingerprint density at radius 1 is 1.14 bits per heavy atom. The number of piperidine rings is 1. The van der Waals surface area contributed by atoms with Crippen LogP contribution in [0.1, 0.15) is 55.4 Å². The predicted octanol–water partition coefficient (Wildman–Crippen LogP) is 3.19. The van der Waals surface area contributed by atoms with E-state index in [4.69, 9.17) is 9.47 Å². The van der Waals surface area contributed by atoms with Gasteiger partial charge in [-0.05, 0) is 81.3 Å². The SMILES string of the molecule is Cc1cc2cnn(C3CCCCO3)c2cc1C1CCN(C2COCC2=O)CC1. The predicted molar refractivity (Wildman–Crippen MR) is 106 cm³/mol. The van der Waals surface area contributed by atoms with Gasteiger partial charge in [0.1, 0.15) is 6.61 Å². The number of rotatable bonds is 3. The lowest BCUT2D eigenvalue weighted by atomic mass is 9.85. The van der Waals surface area contributed by atoms with E-state index in [2.05, 4.69) is 33.7 Å². The molecular formula is C22H29N3O3. The van der Waals surface area contributed by atoms with Gasteiger partial charge in [-0.25, -0.2) is 4.68 Å². The van der Waals surface area contributed by atoms with Crippen molar-refractivity contribution in [1.29, 1.82) is 0 Å². The monoisotopic (exact) mass is 383 g/mol. The average molecular weight is 383 g/mol. The number of fused-ring (bicyclic) bond motifs is 1. The van der Waals surface area contributed by atoms with Crippen molar-refractivity contribution in [1.82, 2.24) is 14.7 Å². The lowest BCUT2D eigenvalue weighted by Crippen LogP contribution is -2.45. The van der Waals surface area contributed by atoms with E-state index in [1.54, 1.807) is 0 Å². The molecule has 0 amide bonds.